The maximum Gasteiger partial charge on any atom is 0.251 e. The van der Waals surface area contributed by atoms with E-state index in [0.717, 1.165) is 15.4 Å². The largest absolute Gasteiger partial charge is 0.348 e. The maximum atomic E-state index is 11.9. The second-order valence-electron chi connectivity index (χ2n) is 4.16. The fourth-order valence-corrected chi connectivity index (χ4v) is 2.50. The average Bonchev–Trinajstić information content (AvgIpc) is 2.86. The lowest BCUT2D eigenvalue weighted by Crippen LogP contribution is -2.26. The third-order valence-corrected chi connectivity index (χ3v) is 3.47. The molecule has 0 radical (unpaired) electrons. The fraction of sp³-hybridized carbons (Fsp3) is 0.308. The SMILES string of the molecule is O=c1ccc2cc(Br)ccc2n1CC1OCCO1. The minimum absolute atomic E-state index is 0.0380. The highest BCUT2D eigenvalue weighted by atomic mass is 79.9. The van der Waals surface area contributed by atoms with E-state index in [4.69, 9.17) is 9.47 Å². The number of hydrogen-bond acceptors (Lipinski definition) is 3. The van der Waals surface area contributed by atoms with E-state index in [1.54, 1.807) is 10.6 Å². The molecule has 1 aromatic heterocycles. The Hall–Kier alpha value is -1.17. The summed E-state index contributed by atoms with van der Waals surface area (Å²) in [6.07, 6.45) is -0.322. The summed E-state index contributed by atoms with van der Waals surface area (Å²) in [7, 11) is 0. The predicted octanol–water partition coefficient (Wildman–Crippen LogP) is 2.14. The van der Waals surface area contributed by atoms with Gasteiger partial charge in [-0.3, -0.25) is 4.79 Å². The molecular weight excluding hydrogens is 298 g/mol. The molecule has 4 nitrogen and oxygen atoms in total. The van der Waals surface area contributed by atoms with E-state index >= 15 is 0 Å². The molecule has 2 heterocycles. The van der Waals surface area contributed by atoms with Gasteiger partial charge >= 0.3 is 0 Å². The predicted molar refractivity (Wildman–Crippen MR) is 71.6 cm³/mol. The number of rotatable bonds is 2. The minimum atomic E-state index is -0.322. The fourth-order valence-electron chi connectivity index (χ4n) is 2.12. The Kier molecular flexibility index (Phi) is 3.20. The van der Waals surface area contributed by atoms with Crippen molar-refractivity contribution in [2.75, 3.05) is 13.2 Å². The van der Waals surface area contributed by atoms with Gasteiger partial charge in [0.05, 0.1) is 25.3 Å². The summed E-state index contributed by atoms with van der Waals surface area (Å²) in [5, 5.41) is 1.02. The van der Waals surface area contributed by atoms with Crippen LogP contribution in [-0.2, 0) is 16.0 Å². The Morgan fingerprint density at radius 2 is 2.00 bits per heavy atom. The molecule has 5 heteroatoms. The first-order chi connectivity index (χ1) is 8.74. The molecule has 0 amide bonds. The first kappa shape index (κ1) is 11.9. The quantitative estimate of drug-likeness (QED) is 0.853. The van der Waals surface area contributed by atoms with Crippen molar-refractivity contribution in [1.82, 2.24) is 4.57 Å². The minimum Gasteiger partial charge on any atom is -0.348 e. The molecule has 18 heavy (non-hydrogen) atoms. The van der Waals surface area contributed by atoms with Gasteiger partial charge in [0.2, 0.25) is 0 Å². The van der Waals surface area contributed by atoms with Crippen molar-refractivity contribution in [2.24, 2.45) is 0 Å². The number of fused-ring (bicyclic) bond motifs is 1. The summed E-state index contributed by atoms with van der Waals surface area (Å²) < 4.78 is 13.5. The molecule has 0 N–H and O–H groups in total. The summed E-state index contributed by atoms with van der Waals surface area (Å²) >= 11 is 3.43. The van der Waals surface area contributed by atoms with Crippen molar-refractivity contribution in [3.05, 3.63) is 45.2 Å². The van der Waals surface area contributed by atoms with Gasteiger partial charge in [0, 0.05) is 10.5 Å². The second-order valence-corrected chi connectivity index (χ2v) is 5.07. The number of hydrogen-bond donors (Lipinski definition) is 0. The molecule has 1 aliphatic rings. The summed E-state index contributed by atoms with van der Waals surface area (Å²) in [5.41, 5.74) is 0.855. The van der Waals surface area contributed by atoms with E-state index in [2.05, 4.69) is 15.9 Å². The zero-order valence-corrected chi connectivity index (χ0v) is 11.2. The van der Waals surface area contributed by atoms with Gasteiger partial charge in [-0.1, -0.05) is 15.9 Å². The highest BCUT2D eigenvalue weighted by Crippen LogP contribution is 2.19. The van der Waals surface area contributed by atoms with Crippen LogP contribution in [0.4, 0.5) is 0 Å². The van der Waals surface area contributed by atoms with Crippen molar-refractivity contribution in [3.63, 3.8) is 0 Å². The smallest absolute Gasteiger partial charge is 0.251 e. The van der Waals surface area contributed by atoms with Crippen LogP contribution in [0, 0.1) is 0 Å². The van der Waals surface area contributed by atoms with Crippen LogP contribution in [0.1, 0.15) is 0 Å². The molecule has 94 valence electrons. The Balaban J connectivity index is 2.08. The molecule has 1 saturated heterocycles. The number of ether oxygens (including phenoxy) is 2. The molecule has 0 saturated carbocycles. The first-order valence-electron chi connectivity index (χ1n) is 5.76. The van der Waals surface area contributed by atoms with Crippen LogP contribution in [0.2, 0.25) is 0 Å². The number of halogens is 1. The van der Waals surface area contributed by atoms with Crippen molar-refractivity contribution in [1.29, 1.82) is 0 Å². The Morgan fingerprint density at radius 1 is 1.22 bits per heavy atom. The van der Waals surface area contributed by atoms with Gasteiger partial charge in [-0.2, -0.15) is 0 Å². The number of aromatic nitrogens is 1. The van der Waals surface area contributed by atoms with Crippen LogP contribution in [0.5, 0.6) is 0 Å². The van der Waals surface area contributed by atoms with Crippen molar-refractivity contribution < 1.29 is 9.47 Å². The molecule has 0 atom stereocenters. The zero-order chi connectivity index (χ0) is 12.5. The summed E-state index contributed by atoms with van der Waals surface area (Å²) in [5.74, 6) is 0. The number of nitrogens with zero attached hydrogens (tertiary/aromatic N) is 1. The van der Waals surface area contributed by atoms with E-state index in [-0.39, 0.29) is 11.8 Å². The Labute approximate surface area is 112 Å². The van der Waals surface area contributed by atoms with Crippen LogP contribution in [-0.4, -0.2) is 24.1 Å². The van der Waals surface area contributed by atoms with Crippen molar-refractivity contribution >= 4 is 26.8 Å². The van der Waals surface area contributed by atoms with Crippen molar-refractivity contribution in [2.45, 2.75) is 12.8 Å². The van der Waals surface area contributed by atoms with Gasteiger partial charge in [0.25, 0.3) is 5.56 Å². The maximum absolute atomic E-state index is 11.9. The molecule has 0 spiro atoms. The number of benzene rings is 1. The third kappa shape index (κ3) is 2.21. The van der Waals surface area contributed by atoms with Crippen LogP contribution in [0.3, 0.4) is 0 Å². The lowest BCUT2D eigenvalue weighted by Gasteiger charge is -2.14. The van der Waals surface area contributed by atoms with E-state index in [1.807, 2.05) is 24.3 Å². The van der Waals surface area contributed by atoms with Gasteiger partial charge in [0.15, 0.2) is 6.29 Å². The highest BCUT2D eigenvalue weighted by molar-refractivity contribution is 9.10. The zero-order valence-electron chi connectivity index (χ0n) is 9.64. The molecule has 1 aromatic carbocycles. The normalized spacial score (nSPS) is 16.5. The van der Waals surface area contributed by atoms with E-state index in [9.17, 15) is 4.79 Å². The molecule has 1 aliphatic heterocycles. The van der Waals surface area contributed by atoms with Crippen LogP contribution < -0.4 is 5.56 Å². The molecule has 2 aromatic rings. The molecule has 3 rings (SSSR count). The molecule has 0 bridgehead atoms. The summed E-state index contributed by atoms with van der Waals surface area (Å²) in [6.45, 7) is 1.61. The van der Waals surface area contributed by atoms with E-state index < -0.39 is 0 Å². The van der Waals surface area contributed by atoms with Gasteiger partial charge in [0.1, 0.15) is 0 Å². The lowest BCUT2D eigenvalue weighted by atomic mass is 10.2. The van der Waals surface area contributed by atoms with Crippen LogP contribution >= 0.6 is 15.9 Å². The van der Waals surface area contributed by atoms with Crippen LogP contribution in [0.15, 0.2) is 39.6 Å². The molecular formula is C13H12BrNO3. The van der Waals surface area contributed by atoms with Gasteiger partial charge in [-0.25, -0.2) is 0 Å². The van der Waals surface area contributed by atoms with E-state index in [0.29, 0.717) is 19.8 Å². The molecule has 0 aliphatic carbocycles. The monoisotopic (exact) mass is 309 g/mol. The van der Waals surface area contributed by atoms with Crippen molar-refractivity contribution in [3.8, 4) is 0 Å². The Morgan fingerprint density at radius 3 is 2.78 bits per heavy atom. The van der Waals surface area contributed by atoms with Gasteiger partial charge in [-0.05, 0) is 29.7 Å². The topological polar surface area (TPSA) is 40.5 Å². The van der Waals surface area contributed by atoms with Crippen LogP contribution in [0.25, 0.3) is 10.9 Å². The standard InChI is InChI=1S/C13H12BrNO3/c14-10-2-3-11-9(7-10)1-4-12(16)15(11)8-13-17-5-6-18-13/h1-4,7,13H,5-6,8H2. The second kappa shape index (κ2) is 4.84. The first-order valence-corrected chi connectivity index (χ1v) is 6.56. The van der Waals surface area contributed by atoms with Gasteiger partial charge < -0.3 is 14.0 Å². The third-order valence-electron chi connectivity index (χ3n) is 2.97. The summed E-state index contributed by atoms with van der Waals surface area (Å²) in [6, 6.07) is 9.24. The average molecular weight is 310 g/mol. The highest BCUT2D eigenvalue weighted by Gasteiger charge is 2.17. The van der Waals surface area contributed by atoms with E-state index in [1.165, 1.54) is 0 Å². The lowest BCUT2D eigenvalue weighted by molar-refractivity contribution is -0.0522. The molecule has 0 unspecified atom stereocenters. The number of pyridine rings is 1. The molecule has 1 fully saturated rings. The summed E-state index contributed by atoms with van der Waals surface area (Å²) in [4.78, 5) is 11.9. The van der Waals surface area contributed by atoms with Gasteiger partial charge in [-0.15, -0.1) is 0 Å². The Bertz CT molecular complexity index is 632.